The van der Waals surface area contributed by atoms with Crippen LogP contribution in [0.4, 0.5) is 17.1 Å². The SMILES string of the molecule is CCCC(=O)Nc1cncc(-c2ccc3n[nH]c(C4Nc5cncc(-c6cccs6)c5N4)c3c2)c1. The maximum Gasteiger partial charge on any atom is 0.224 e. The molecule has 1 aromatic carbocycles. The summed E-state index contributed by atoms with van der Waals surface area (Å²) in [6, 6.07) is 12.2. The molecule has 9 heteroatoms. The molecule has 35 heavy (non-hydrogen) atoms. The zero-order chi connectivity index (χ0) is 23.8. The van der Waals surface area contributed by atoms with Crippen molar-refractivity contribution in [1.82, 2.24) is 20.2 Å². The van der Waals surface area contributed by atoms with Crippen LogP contribution < -0.4 is 16.0 Å². The van der Waals surface area contributed by atoms with Crippen molar-refractivity contribution in [1.29, 1.82) is 0 Å². The summed E-state index contributed by atoms with van der Waals surface area (Å²) < 4.78 is 0. The minimum absolute atomic E-state index is 0.00613. The number of rotatable bonds is 6. The van der Waals surface area contributed by atoms with Gasteiger partial charge in [0.25, 0.3) is 0 Å². The lowest BCUT2D eigenvalue weighted by molar-refractivity contribution is -0.116. The topological polar surface area (TPSA) is 108 Å². The van der Waals surface area contributed by atoms with Crippen LogP contribution in [0, 0.1) is 0 Å². The fourth-order valence-electron chi connectivity index (χ4n) is 4.37. The number of thiophene rings is 1. The number of anilines is 3. The zero-order valence-corrected chi connectivity index (χ0v) is 19.8. The number of nitrogens with one attached hydrogen (secondary N) is 4. The number of benzene rings is 1. The molecule has 0 radical (unpaired) electrons. The second-order valence-corrected chi connectivity index (χ2v) is 9.39. The molecule has 0 bridgehead atoms. The fraction of sp³-hybridized carbons (Fsp3) is 0.154. The van der Waals surface area contributed by atoms with Crippen molar-refractivity contribution in [2.75, 3.05) is 16.0 Å². The Morgan fingerprint density at radius 2 is 1.97 bits per heavy atom. The molecule has 8 nitrogen and oxygen atoms in total. The van der Waals surface area contributed by atoms with E-state index in [1.165, 1.54) is 4.88 Å². The zero-order valence-electron chi connectivity index (χ0n) is 19.0. The van der Waals surface area contributed by atoms with Crippen molar-refractivity contribution in [3.8, 4) is 21.6 Å². The third kappa shape index (κ3) is 4.00. The van der Waals surface area contributed by atoms with Crippen LogP contribution in [-0.4, -0.2) is 26.1 Å². The van der Waals surface area contributed by atoms with Crippen molar-refractivity contribution in [3.63, 3.8) is 0 Å². The molecular formula is C26H23N7OS. The van der Waals surface area contributed by atoms with Crippen LogP contribution >= 0.6 is 11.3 Å². The number of nitrogens with zero attached hydrogens (tertiary/aromatic N) is 3. The largest absolute Gasteiger partial charge is 0.358 e. The number of aromatic amines is 1. The van der Waals surface area contributed by atoms with E-state index in [0.29, 0.717) is 12.1 Å². The lowest BCUT2D eigenvalue weighted by Crippen LogP contribution is -2.13. The second kappa shape index (κ2) is 8.84. The summed E-state index contributed by atoms with van der Waals surface area (Å²) in [5.74, 6) is -0.00613. The van der Waals surface area contributed by atoms with E-state index >= 15 is 0 Å². The molecule has 4 N–H and O–H groups in total. The average Bonchev–Trinajstić information content (AvgIpc) is 3.63. The Labute approximate surface area is 205 Å². The van der Waals surface area contributed by atoms with E-state index in [1.807, 2.05) is 43.6 Å². The van der Waals surface area contributed by atoms with Gasteiger partial charge in [-0.05, 0) is 41.6 Å². The molecule has 6 rings (SSSR count). The molecule has 0 saturated heterocycles. The monoisotopic (exact) mass is 481 g/mol. The smallest absolute Gasteiger partial charge is 0.224 e. The Morgan fingerprint density at radius 1 is 1.06 bits per heavy atom. The van der Waals surface area contributed by atoms with E-state index in [1.54, 1.807) is 23.7 Å². The second-order valence-electron chi connectivity index (χ2n) is 8.44. The maximum absolute atomic E-state index is 12.0. The molecule has 5 heterocycles. The third-order valence-corrected chi connectivity index (χ3v) is 6.93. The van der Waals surface area contributed by atoms with Gasteiger partial charge in [0, 0.05) is 40.2 Å². The Bertz CT molecular complexity index is 1530. The highest BCUT2D eigenvalue weighted by Gasteiger charge is 2.27. The summed E-state index contributed by atoms with van der Waals surface area (Å²) in [5.41, 5.74) is 7.49. The van der Waals surface area contributed by atoms with Gasteiger partial charge in [0.1, 0.15) is 6.17 Å². The highest BCUT2D eigenvalue weighted by molar-refractivity contribution is 7.13. The summed E-state index contributed by atoms with van der Waals surface area (Å²) in [4.78, 5) is 21.9. The van der Waals surface area contributed by atoms with Crippen LogP contribution in [0.5, 0.6) is 0 Å². The van der Waals surface area contributed by atoms with Gasteiger partial charge < -0.3 is 16.0 Å². The number of carbonyl (C=O) groups is 1. The van der Waals surface area contributed by atoms with Crippen molar-refractivity contribution in [2.24, 2.45) is 0 Å². The predicted molar refractivity (Wildman–Crippen MR) is 140 cm³/mol. The van der Waals surface area contributed by atoms with Crippen LogP contribution in [0.25, 0.3) is 32.5 Å². The molecule has 0 aliphatic carbocycles. The van der Waals surface area contributed by atoms with Crippen LogP contribution in [0.3, 0.4) is 0 Å². The molecule has 5 aromatic rings. The number of aromatic nitrogens is 4. The van der Waals surface area contributed by atoms with Gasteiger partial charge in [0.15, 0.2) is 0 Å². The molecule has 1 atom stereocenters. The average molecular weight is 482 g/mol. The van der Waals surface area contributed by atoms with Crippen LogP contribution in [0.2, 0.25) is 0 Å². The van der Waals surface area contributed by atoms with E-state index in [0.717, 1.165) is 51.1 Å². The summed E-state index contributed by atoms with van der Waals surface area (Å²) in [6.07, 6.45) is 8.32. The summed E-state index contributed by atoms with van der Waals surface area (Å²) >= 11 is 1.69. The molecular weight excluding hydrogens is 458 g/mol. The minimum Gasteiger partial charge on any atom is -0.358 e. The van der Waals surface area contributed by atoms with Crippen LogP contribution in [0.15, 0.2) is 66.6 Å². The van der Waals surface area contributed by atoms with E-state index in [-0.39, 0.29) is 12.1 Å². The molecule has 1 aliphatic heterocycles. The number of fused-ring (bicyclic) bond motifs is 2. The van der Waals surface area contributed by atoms with Gasteiger partial charge in [-0.25, -0.2) is 0 Å². The third-order valence-electron chi connectivity index (χ3n) is 6.03. The lowest BCUT2D eigenvalue weighted by Gasteiger charge is -2.12. The quantitative estimate of drug-likeness (QED) is 0.236. The standard InChI is InChI=1S/C26H23N7OS/c1-2-4-23(34)29-17-9-16(11-27-12-17)15-6-7-20-18(10-15)25(33-32-20)26-30-21-14-28-13-19(24(21)31-26)22-5-3-8-35-22/h3,5-14,26,30-31H,2,4H2,1H3,(H,29,34)(H,32,33). The molecule has 1 amide bonds. The van der Waals surface area contributed by atoms with Crippen molar-refractivity contribution in [3.05, 3.63) is 72.3 Å². The van der Waals surface area contributed by atoms with Crippen molar-refractivity contribution >= 4 is 45.2 Å². The van der Waals surface area contributed by atoms with Crippen LogP contribution in [-0.2, 0) is 4.79 Å². The van der Waals surface area contributed by atoms with E-state index < -0.39 is 0 Å². The first-order valence-corrected chi connectivity index (χ1v) is 12.4. The van der Waals surface area contributed by atoms with E-state index in [2.05, 4.69) is 53.6 Å². The van der Waals surface area contributed by atoms with Crippen LogP contribution in [0.1, 0.15) is 31.6 Å². The highest BCUT2D eigenvalue weighted by Crippen LogP contribution is 2.43. The number of hydrogen-bond donors (Lipinski definition) is 4. The molecule has 1 unspecified atom stereocenters. The molecule has 4 aromatic heterocycles. The summed E-state index contributed by atoms with van der Waals surface area (Å²) in [5, 5.41) is 20.9. The Balaban J connectivity index is 1.32. The Kier molecular flexibility index (Phi) is 5.38. The first-order chi connectivity index (χ1) is 17.2. The number of carbonyl (C=O) groups excluding carboxylic acids is 1. The number of H-pyrrole nitrogens is 1. The van der Waals surface area contributed by atoms with Gasteiger partial charge >= 0.3 is 0 Å². The van der Waals surface area contributed by atoms with Crippen molar-refractivity contribution in [2.45, 2.75) is 25.9 Å². The first-order valence-electron chi connectivity index (χ1n) is 11.5. The minimum atomic E-state index is -0.175. The number of amides is 1. The van der Waals surface area contributed by atoms with E-state index in [9.17, 15) is 4.79 Å². The first kappa shape index (κ1) is 21.3. The Hall–Kier alpha value is -4.24. The predicted octanol–water partition coefficient (Wildman–Crippen LogP) is 6.02. The fourth-order valence-corrected chi connectivity index (χ4v) is 5.11. The highest BCUT2D eigenvalue weighted by atomic mass is 32.1. The molecule has 0 spiro atoms. The lowest BCUT2D eigenvalue weighted by atomic mass is 10.0. The van der Waals surface area contributed by atoms with Gasteiger partial charge in [0.2, 0.25) is 5.91 Å². The van der Waals surface area contributed by atoms with Gasteiger partial charge in [-0.1, -0.05) is 19.1 Å². The summed E-state index contributed by atoms with van der Waals surface area (Å²) in [7, 11) is 0. The molecule has 1 aliphatic rings. The van der Waals surface area contributed by atoms with Gasteiger partial charge in [-0.2, -0.15) is 5.10 Å². The maximum atomic E-state index is 12.0. The van der Waals surface area contributed by atoms with Gasteiger partial charge in [0.05, 0.1) is 40.7 Å². The number of pyridine rings is 2. The molecule has 0 saturated carbocycles. The number of hydrogen-bond acceptors (Lipinski definition) is 7. The molecule has 0 fully saturated rings. The van der Waals surface area contributed by atoms with E-state index in [4.69, 9.17) is 0 Å². The summed E-state index contributed by atoms with van der Waals surface area (Å²) in [6.45, 7) is 1.98. The van der Waals surface area contributed by atoms with Gasteiger partial charge in [-0.3, -0.25) is 19.9 Å². The molecule has 174 valence electrons. The van der Waals surface area contributed by atoms with Crippen molar-refractivity contribution < 1.29 is 4.79 Å². The van der Waals surface area contributed by atoms with Gasteiger partial charge in [-0.15, -0.1) is 11.3 Å². The normalized spacial score (nSPS) is 14.4. The Morgan fingerprint density at radius 3 is 2.83 bits per heavy atom.